The van der Waals surface area contributed by atoms with E-state index in [1.165, 1.54) is 11.0 Å². The fourth-order valence-corrected chi connectivity index (χ4v) is 3.27. The van der Waals surface area contributed by atoms with Crippen LogP contribution in [0.4, 0.5) is 0 Å². The lowest BCUT2D eigenvalue weighted by Gasteiger charge is -2.33. The molecule has 7 nitrogen and oxygen atoms in total. The fraction of sp³-hybridized carbons (Fsp3) is 0.429. The van der Waals surface area contributed by atoms with E-state index < -0.39 is 27.9 Å². The zero-order chi connectivity index (χ0) is 16.3. The van der Waals surface area contributed by atoms with Gasteiger partial charge in [0.25, 0.3) is 5.91 Å². The normalized spacial score (nSPS) is 19.0. The molecule has 1 aliphatic rings. The van der Waals surface area contributed by atoms with E-state index in [9.17, 15) is 23.1 Å². The maximum atomic E-state index is 12.5. The van der Waals surface area contributed by atoms with Gasteiger partial charge in [-0.05, 0) is 37.0 Å². The number of piperidine rings is 1. The molecule has 0 radical (unpaired) electrons. The summed E-state index contributed by atoms with van der Waals surface area (Å²) in [7, 11) is -3.69. The van der Waals surface area contributed by atoms with E-state index in [2.05, 4.69) is 0 Å². The topological polar surface area (TPSA) is 118 Å². The molecule has 1 amide bonds. The van der Waals surface area contributed by atoms with Crippen LogP contribution in [-0.2, 0) is 20.6 Å². The Hall–Kier alpha value is -1.93. The molecule has 0 spiro atoms. The number of amides is 1. The first-order valence-electron chi connectivity index (χ1n) is 6.91. The standard InChI is InChI=1S/C14H18N2O5S/c15-22(20,21)9-10-4-3-5-11(8-10)13(17)16-7-2-1-6-12(16)14(18)19/h3-5,8,12H,1-2,6-7,9H2,(H,18,19)(H2,15,20,21)/t12-/m1/s1. The zero-order valence-electron chi connectivity index (χ0n) is 11.9. The Morgan fingerprint density at radius 3 is 2.68 bits per heavy atom. The molecule has 0 aromatic heterocycles. The Balaban J connectivity index is 2.25. The molecule has 1 aliphatic heterocycles. The highest BCUT2D eigenvalue weighted by Crippen LogP contribution is 2.20. The lowest BCUT2D eigenvalue weighted by molar-refractivity contribution is -0.143. The van der Waals surface area contributed by atoms with Gasteiger partial charge in [0, 0.05) is 12.1 Å². The van der Waals surface area contributed by atoms with Crippen LogP contribution >= 0.6 is 0 Å². The number of carbonyl (C=O) groups excluding carboxylic acids is 1. The van der Waals surface area contributed by atoms with Crippen LogP contribution in [0.2, 0.25) is 0 Å². The van der Waals surface area contributed by atoms with Gasteiger partial charge in [0.1, 0.15) is 6.04 Å². The Morgan fingerprint density at radius 1 is 1.32 bits per heavy atom. The minimum Gasteiger partial charge on any atom is -0.480 e. The molecule has 1 fully saturated rings. The predicted molar refractivity (Wildman–Crippen MR) is 79.6 cm³/mol. The highest BCUT2D eigenvalue weighted by molar-refractivity contribution is 7.88. The number of hydrogen-bond donors (Lipinski definition) is 2. The molecule has 1 aromatic carbocycles. The van der Waals surface area contributed by atoms with Crippen molar-refractivity contribution >= 4 is 21.9 Å². The number of rotatable bonds is 4. The van der Waals surface area contributed by atoms with E-state index in [1.807, 2.05) is 0 Å². The SMILES string of the molecule is NS(=O)(=O)Cc1cccc(C(=O)N2CCCC[C@@H]2C(=O)O)c1. The molecule has 1 atom stereocenters. The third kappa shape index (κ3) is 4.05. The first kappa shape index (κ1) is 16.4. The van der Waals surface area contributed by atoms with Gasteiger partial charge >= 0.3 is 5.97 Å². The molecule has 0 saturated carbocycles. The molecule has 0 bridgehead atoms. The number of sulfonamides is 1. The van der Waals surface area contributed by atoms with Crippen LogP contribution in [0.5, 0.6) is 0 Å². The summed E-state index contributed by atoms with van der Waals surface area (Å²) < 4.78 is 22.3. The summed E-state index contributed by atoms with van der Waals surface area (Å²) in [5.74, 6) is -1.78. The molecule has 120 valence electrons. The quantitative estimate of drug-likeness (QED) is 0.838. The van der Waals surface area contributed by atoms with Crippen LogP contribution in [0.3, 0.4) is 0 Å². The lowest BCUT2D eigenvalue weighted by Crippen LogP contribution is -2.48. The summed E-state index contributed by atoms with van der Waals surface area (Å²) >= 11 is 0. The van der Waals surface area contributed by atoms with Gasteiger partial charge < -0.3 is 10.0 Å². The van der Waals surface area contributed by atoms with Gasteiger partial charge in [-0.1, -0.05) is 12.1 Å². The minimum atomic E-state index is -3.69. The van der Waals surface area contributed by atoms with Crippen molar-refractivity contribution in [2.45, 2.75) is 31.1 Å². The number of benzene rings is 1. The van der Waals surface area contributed by atoms with Gasteiger partial charge in [0.15, 0.2) is 0 Å². The lowest BCUT2D eigenvalue weighted by atomic mass is 10.0. The molecule has 3 N–H and O–H groups in total. The number of carbonyl (C=O) groups is 2. The van der Waals surface area contributed by atoms with Gasteiger partial charge in [-0.2, -0.15) is 0 Å². The number of nitrogens with zero attached hydrogens (tertiary/aromatic N) is 1. The van der Waals surface area contributed by atoms with E-state index in [-0.39, 0.29) is 11.3 Å². The summed E-state index contributed by atoms with van der Waals surface area (Å²) in [6.45, 7) is 0.384. The van der Waals surface area contributed by atoms with Crippen molar-refractivity contribution < 1.29 is 23.1 Å². The largest absolute Gasteiger partial charge is 0.480 e. The Kier molecular flexibility index (Phi) is 4.82. The monoisotopic (exact) mass is 326 g/mol. The number of carboxylic acid groups (broad SMARTS) is 1. The van der Waals surface area contributed by atoms with Crippen LogP contribution in [-0.4, -0.2) is 42.9 Å². The summed E-state index contributed by atoms with van der Waals surface area (Å²) in [4.78, 5) is 25.1. The van der Waals surface area contributed by atoms with Crippen molar-refractivity contribution in [1.29, 1.82) is 0 Å². The highest BCUT2D eigenvalue weighted by Gasteiger charge is 2.32. The van der Waals surface area contributed by atoms with Gasteiger partial charge in [-0.25, -0.2) is 18.4 Å². The average Bonchev–Trinajstić information content (AvgIpc) is 2.45. The van der Waals surface area contributed by atoms with Crippen LogP contribution in [0.15, 0.2) is 24.3 Å². The molecule has 1 aromatic rings. The summed E-state index contributed by atoms with van der Waals surface area (Å²) in [6, 6.07) is 5.28. The Labute approximate surface area is 128 Å². The smallest absolute Gasteiger partial charge is 0.326 e. The molecule has 22 heavy (non-hydrogen) atoms. The maximum absolute atomic E-state index is 12.5. The third-order valence-electron chi connectivity index (χ3n) is 3.59. The molecular formula is C14H18N2O5S. The molecule has 1 heterocycles. The summed E-state index contributed by atoms with van der Waals surface area (Å²) in [6.07, 6.45) is 1.95. The van der Waals surface area contributed by atoms with E-state index in [4.69, 9.17) is 5.14 Å². The zero-order valence-corrected chi connectivity index (χ0v) is 12.8. The van der Waals surface area contributed by atoms with Crippen LogP contribution < -0.4 is 5.14 Å². The minimum absolute atomic E-state index is 0.272. The Morgan fingerprint density at radius 2 is 2.05 bits per heavy atom. The molecule has 0 aliphatic carbocycles. The van der Waals surface area contributed by atoms with Crippen LogP contribution in [0.25, 0.3) is 0 Å². The second kappa shape index (κ2) is 6.45. The highest BCUT2D eigenvalue weighted by atomic mass is 32.2. The fourth-order valence-electron chi connectivity index (χ4n) is 2.62. The van der Waals surface area contributed by atoms with Crippen molar-refractivity contribution in [2.24, 2.45) is 5.14 Å². The van der Waals surface area contributed by atoms with Gasteiger partial charge in [-0.3, -0.25) is 4.79 Å². The number of primary sulfonamides is 1. The van der Waals surface area contributed by atoms with Crippen LogP contribution in [0, 0.1) is 0 Å². The molecule has 1 saturated heterocycles. The van der Waals surface area contributed by atoms with Crippen molar-refractivity contribution in [3.63, 3.8) is 0 Å². The van der Waals surface area contributed by atoms with E-state index >= 15 is 0 Å². The number of aliphatic carboxylic acids is 1. The summed E-state index contributed by atoms with van der Waals surface area (Å²) in [5, 5.41) is 14.2. The van der Waals surface area contributed by atoms with Crippen molar-refractivity contribution in [3.8, 4) is 0 Å². The molecule has 2 rings (SSSR count). The van der Waals surface area contributed by atoms with Gasteiger partial charge in [0.05, 0.1) is 5.75 Å². The van der Waals surface area contributed by atoms with E-state index in [0.29, 0.717) is 18.5 Å². The average molecular weight is 326 g/mol. The second-order valence-electron chi connectivity index (χ2n) is 5.36. The molecule has 0 unspecified atom stereocenters. The number of likely N-dealkylation sites (tertiary alicyclic amines) is 1. The van der Waals surface area contributed by atoms with E-state index in [1.54, 1.807) is 18.2 Å². The Bertz CT molecular complexity index is 686. The van der Waals surface area contributed by atoms with Crippen molar-refractivity contribution in [2.75, 3.05) is 6.54 Å². The third-order valence-corrected chi connectivity index (χ3v) is 4.33. The van der Waals surface area contributed by atoms with Crippen LogP contribution in [0.1, 0.15) is 35.2 Å². The van der Waals surface area contributed by atoms with E-state index in [0.717, 1.165) is 12.8 Å². The van der Waals surface area contributed by atoms with Crippen molar-refractivity contribution in [3.05, 3.63) is 35.4 Å². The number of nitrogens with two attached hydrogens (primary N) is 1. The summed E-state index contributed by atoms with van der Waals surface area (Å²) in [5.41, 5.74) is 0.673. The molecular weight excluding hydrogens is 308 g/mol. The second-order valence-corrected chi connectivity index (χ2v) is 6.97. The van der Waals surface area contributed by atoms with Crippen molar-refractivity contribution in [1.82, 2.24) is 4.90 Å². The van der Waals surface area contributed by atoms with Gasteiger partial charge in [0.2, 0.25) is 10.0 Å². The maximum Gasteiger partial charge on any atom is 0.326 e. The first-order chi connectivity index (χ1) is 10.3. The van der Waals surface area contributed by atoms with Gasteiger partial charge in [-0.15, -0.1) is 0 Å². The predicted octanol–water partition coefficient (Wildman–Crippen LogP) is 0.554. The first-order valence-corrected chi connectivity index (χ1v) is 8.62. The molecule has 8 heteroatoms. The number of carboxylic acids is 1. The number of hydrogen-bond acceptors (Lipinski definition) is 4.